The molecule has 3 atom stereocenters. The van der Waals surface area contributed by atoms with Crippen molar-refractivity contribution < 1.29 is 9.84 Å². The van der Waals surface area contributed by atoms with Gasteiger partial charge in [-0.15, -0.1) is 0 Å². The monoisotopic (exact) mass is 256 g/mol. The number of unbranched alkanes of at least 4 members (excludes halogenated alkanes) is 1. The third kappa shape index (κ3) is 5.27. The molecule has 1 aliphatic rings. The van der Waals surface area contributed by atoms with Crippen LogP contribution in [0.15, 0.2) is 0 Å². The van der Waals surface area contributed by atoms with Crippen LogP contribution in [0.2, 0.25) is 0 Å². The number of ether oxygens (including phenoxy) is 1. The Hall–Kier alpha value is -0.0800. The van der Waals surface area contributed by atoms with Gasteiger partial charge in [-0.1, -0.05) is 47.0 Å². The SMILES string of the molecule is CCCCC(CC)COC1CC(C)(C)CCC1O. The average molecular weight is 256 g/mol. The van der Waals surface area contributed by atoms with Crippen molar-refractivity contribution in [2.45, 2.75) is 84.8 Å². The van der Waals surface area contributed by atoms with Crippen LogP contribution in [0.25, 0.3) is 0 Å². The molecular weight excluding hydrogens is 224 g/mol. The zero-order valence-electron chi connectivity index (χ0n) is 12.7. The minimum absolute atomic E-state index is 0.0597. The number of hydrogen-bond acceptors (Lipinski definition) is 2. The van der Waals surface area contributed by atoms with Crippen molar-refractivity contribution in [3.05, 3.63) is 0 Å². The van der Waals surface area contributed by atoms with Crippen LogP contribution in [0, 0.1) is 11.3 Å². The fraction of sp³-hybridized carbons (Fsp3) is 1.00. The minimum atomic E-state index is -0.248. The molecule has 1 aliphatic carbocycles. The van der Waals surface area contributed by atoms with Gasteiger partial charge >= 0.3 is 0 Å². The first-order chi connectivity index (χ1) is 8.48. The second-order valence-corrected chi connectivity index (χ2v) is 6.76. The molecule has 2 nitrogen and oxygen atoms in total. The Morgan fingerprint density at radius 3 is 2.67 bits per heavy atom. The summed E-state index contributed by atoms with van der Waals surface area (Å²) in [6, 6.07) is 0. The summed E-state index contributed by atoms with van der Waals surface area (Å²) in [6.45, 7) is 9.87. The second kappa shape index (κ2) is 7.49. The van der Waals surface area contributed by atoms with E-state index in [2.05, 4.69) is 27.7 Å². The Balaban J connectivity index is 2.35. The number of aliphatic hydroxyl groups excluding tert-OH is 1. The first-order valence-electron chi connectivity index (χ1n) is 7.78. The van der Waals surface area contributed by atoms with Crippen molar-refractivity contribution in [2.24, 2.45) is 11.3 Å². The van der Waals surface area contributed by atoms with Crippen LogP contribution in [-0.2, 0) is 4.74 Å². The van der Waals surface area contributed by atoms with Gasteiger partial charge in [0.15, 0.2) is 0 Å². The van der Waals surface area contributed by atoms with Gasteiger partial charge in [0, 0.05) is 6.61 Å². The zero-order chi connectivity index (χ0) is 13.6. The molecule has 1 N–H and O–H groups in total. The maximum absolute atomic E-state index is 10.0. The lowest BCUT2D eigenvalue weighted by Crippen LogP contribution is -2.40. The van der Waals surface area contributed by atoms with Gasteiger partial charge in [-0.3, -0.25) is 0 Å². The normalized spacial score (nSPS) is 29.2. The van der Waals surface area contributed by atoms with E-state index in [-0.39, 0.29) is 12.2 Å². The van der Waals surface area contributed by atoms with Crippen LogP contribution < -0.4 is 0 Å². The molecule has 0 aromatic rings. The lowest BCUT2D eigenvalue weighted by atomic mass is 9.75. The van der Waals surface area contributed by atoms with Gasteiger partial charge in [-0.2, -0.15) is 0 Å². The molecule has 0 aliphatic heterocycles. The molecule has 0 aromatic carbocycles. The molecule has 0 heterocycles. The molecule has 2 heteroatoms. The summed E-state index contributed by atoms with van der Waals surface area (Å²) in [7, 11) is 0. The Bertz CT molecular complexity index is 225. The summed E-state index contributed by atoms with van der Waals surface area (Å²) in [4.78, 5) is 0. The summed E-state index contributed by atoms with van der Waals surface area (Å²) in [5, 5.41) is 10.0. The van der Waals surface area contributed by atoms with Crippen LogP contribution in [0.1, 0.15) is 72.6 Å². The largest absolute Gasteiger partial charge is 0.390 e. The smallest absolute Gasteiger partial charge is 0.0839 e. The van der Waals surface area contributed by atoms with Gasteiger partial charge in [-0.25, -0.2) is 0 Å². The fourth-order valence-electron chi connectivity index (χ4n) is 2.84. The standard InChI is InChI=1S/C16H32O2/c1-5-7-8-13(6-2)12-18-15-11-16(3,4)10-9-14(15)17/h13-15,17H,5-12H2,1-4H3. The van der Waals surface area contributed by atoms with Gasteiger partial charge in [0.05, 0.1) is 12.2 Å². The van der Waals surface area contributed by atoms with E-state index in [0.717, 1.165) is 25.9 Å². The minimum Gasteiger partial charge on any atom is -0.390 e. The molecule has 1 saturated carbocycles. The molecule has 1 fully saturated rings. The van der Waals surface area contributed by atoms with Crippen molar-refractivity contribution in [1.29, 1.82) is 0 Å². The molecular formula is C16H32O2. The maximum Gasteiger partial charge on any atom is 0.0839 e. The Kier molecular flexibility index (Phi) is 6.65. The van der Waals surface area contributed by atoms with Crippen molar-refractivity contribution in [1.82, 2.24) is 0 Å². The van der Waals surface area contributed by atoms with Crippen molar-refractivity contribution in [2.75, 3.05) is 6.61 Å². The van der Waals surface area contributed by atoms with Crippen molar-refractivity contribution in [3.63, 3.8) is 0 Å². The van der Waals surface area contributed by atoms with Crippen LogP contribution in [0.5, 0.6) is 0 Å². The molecule has 0 spiro atoms. The molecule has 0 radical (unpaired) electrons. The lowest BCUT2D eigenvalue weighted by Gasteiger charge is -2.38. The average Bonchev–Trinajstić information content (AvgIpc) is 2.33. The van der Waals surface area contributed by atoms with Crippen LogP contribution in [0.3, 0.4) is 0 Å². The van der Waals surface area contributed by atoms with Gasteiger partial charge in [0.25, 0.3) is 0 Å². The predicted octanol–water partition coefficient (Wildman–Crippen LogP) is 4.16. The van der Waals surface area contributed by atoms with E-state index in [1.54, 1.807) is 0 Å². The van der Waals surface area contributed by atoms with Gasteiger partial charge in [0.2, 0.25) is 0 Å². The summed E-state index contributed by atoms with van der Waals surface area (Å²) in [5.74, 6) is 0.669. The van der Waals surface area contributed by atoms with E-state index in [9.17, 15) is 5.11 Å². The van der Waals surface area contributed by atoms with Crippen molar-refractivity contribution >= 4 is 0 Å². The molecule has 0 bridgehead atoms. The molecule has 0 amide bonds. The Morgan fingerprint density at radius 2 is 2.06 bits per heavy atom. The molecule has 3 unspecified atom stereocenters. The highest BCUT2D eigenvalue weighted by Crippen LogP contribution is 2.37. The highest BCUT2D eigenvalue weighted by Gasteiger charge is 2.34. The number of hydrogen-bond donors (Lipinski definition) is 1. The van der Waals surface area contributed by atoms with E-state index in [4.69, 9.17) is 4.74 Å². The van der Waals surface area contributed by atoms with E-state index < -0.39 is 0 Å². The molecule has 0 aromatic heterocycles. The Labute approximate surface area is 113 Å². The summed E-state index contributed by atoms with van der Waals surface area (Å²) in [5.41, 5.74) is 0.328. The van der Waals surface area contributed by atoms with Crippen molar-refractivity contribution in [3.8, 4) is 0 Å². The predicted molar refractivity (Wildman–Crippen MR) is 76.7 cm³/mol. The first kappa shape index (κ1) is 16.0. The second-order valence-electron chi connectivity index (χ2n) is 6.76. The van der Waals surface area contributed by atoms with E-state index >= 15 is 0 Å². The Morgan fingerprint density at radius 1 is 1.33 bits per heavy atom. The zero-order valence-corrected chi connectivity index (χ0v) is 12.7. The third-order valence-corrected chi connectivity index (χ3v) is 4.39. The molecule has 1 rings (SSSR count). The maximum atomic E-state index is 10.0. The topological polar surface area (TPSA) is 29.5 Å². The molecule has 108 valence electrons. The van der Waals surface area contributed by atoms with E-state index in [1.165, 1.54) is 25.7 Å². The van der Waals surface area contributed by atoms with E-state index in [1.807, 2.05) is 0 Å². The first-order valence-corrected chi connectivity index (χ1v) is 7.78. The van der Waals surface area contributed by atoms with Crippen LogP contribution in [-0.4, -0.2) is 23.9 Å². The number of aliphatic hydroxyl groups is 1. The molecule has 0 saturated heterocycles. The van der Waals surface area contributed by atoms with E-state index in [0.29, 0.717) is 11.3 Å². The highest BCUT2D eigenvalue weighted by atomic mass is 16.5. The highest BCUT2D eigenvalue weighted by molar-refractivity contribution is 4.85. The fourth-order valence-corrected chi connectivity index (χ4v) is 2.84. The van der Waals surface area contributed by atoms with Gasteiger partial charge in [-0.05, 0) is 37.0 Å². The number of rotatable bonds is 7. The third-order valence-electron chi connectivity index (χ3n) is 4.39. The molecule has 18 heavy (non-hydrogen) atoms. The summed E-state index contributed by atoms with van der Waals surface area (Å²) in [6.07, 6.45) is 7.82. The summed E-state index contributed by atoms with van der Waals surface area (Å²) < 4.78 is 6.03. The van der Waals surface area contributed by atoms with Gasteiger partial charge in [0.1, 0.15) is 0 Å². The van der Waals surface area contributed by atoms with Crippen LogP contribution in [0.4, 0.5) is 0 Å². The quantitative estimate of drug-likeness (QED) is 0.741. The summed E-state index contributed by atoms with van der Waals surface area (Å²) >= 11 is 0. The van der Waals surface area contributed by atoms with Gasteiger partial charge < -0.3 is 9.84 Å². The van der Waals surface area contributed by atoms with Crippen LogP contribution >= 0.6 is 0 Å². The lowest BCUT2D eigenvalue weighted by molar-refractivity contribution is -0.0950.